The van der Waals surface area contributed by atoms with Crippen molar-refractivity contribution in [1.82, 2.24) is 9.80 Å². The molecule has 1 amide bonds. The Hall–Kier alpha value is -2.25. The van der Waals surface area contributed by atoms with Crippen LogP contribution in [-0.4, -0.2) is 55.0 Å². The number of hydrogen-bond donors (Lipinski definition) is 0. The van der Waals surface area contributed by atoms with Crippen molar-refractivity contribution in [1.29, 1.82) is 0 Å². The van der Waals surface area contributed by atoms with Crippen LogP contribution in [0.25, 0.3) is 0 Å². The van der Waals surface area contributed by atoms with Gasteiger partial charge in [-0.15, -0.1) is 0 Å². The van der Waals surface area contributed by atoms with Crippen LogP contribution in [0.1, 0.15) is 24.0 Å². The lowest BCUT2D eigenvalue weighted by Gasteiger charge is -2.40. The molecule has 0 bridgehead atoms. The number of likely N-dealkylation sites (tertiary alicyclic amines) is 1. The van der Waals surface area contributed by atoms with Crippen molar-refractivity contribution in [2.24, 2.45) is 5.92 Å². The standard InChI is InChI=1S/C24H27ClF3N3O/c25-21-8-6-18(7-9-21)16-29-10-2-3-19(17-29)23(32)31-13-11-30(12-14-31)22-5-1-4-20(15-22)24(26,27)28/h1,4-9,15,19H,2-3,10-14,16-17H2. The first-order valence-electron chi connectivity index (χ1n) is 11.0. The Kier molecular flexibility index (Phi) is 6.96. The first kappa shape index (κ1) is 22.9. The normalized spacial score (nSPS) is 20.4. The number of alkyl halides is 3. The van der Waals surface area contributed by atoms with Gasteiger partial charge in [0.05, 0.1) is 11.5 Å². The predicted molar refractivity (Wildman–Crippen MR) is 120 cm³/mol. The number of anilines is 1. The van der Waals surface area contributed by atoms with E-state index in [1.54, 1.807) is 6.07 Å². The van der Waals surface area contributed by atoms with Crippen molar-refractivity contribution in [3.8, 4) is 0 Å². The van der Waals surface area contributed by atoms with Gasteiger partial charge in [0.1, 0.15) is 0 Å². The molecule has 2 aliphatic heterocycles. The van der Waals surface area contributed by atoms with Crippen molar-refractivity contribution >= 4 is 23.2 Å². The smallest absolute Gasteiger partial charge is 0.368 e. The second-order valence-corrected chi connectivity index (χ2v) is 9.00. The minimum atomic E-state index is -4.35. The van der Waals surface area contributed by atoms with E-state index >= 15 is 0 Å². The molecule has 2 saturated heterocycles. The summed E-state index contributed by atoms with van der Waals surface area (Å²) in [6.45, 7) is 4.63. The van der Waals surface area contributed by atoms with Crippen LogP contribution in [0, 0.1) is 5.92 Å². The van der Waals surface area contributed by atoms with Crippen LogP contribution < -0.4 is 4.90 Å². The topological polar surface area (TPSA) is 26.8 Å². The highest BCUT2D eigenvalue weighted by atomic mass is 35.5. The number of carbonyl (C=O) groups excluding carboxylic acids is 1. The quantitative estimate of drug-likeness (QED) is 0.641. The lowest BCUT2D eigenvalue weighted by molar-refractivity contribution is -0.138. The van der Waals surface area contributed by atoms with Gasteiger partial charge in [-0.25, -0.2) is 0 Å². The summed E-state index contributed by atoms with van der Waals surface area (Å²) in [7, 11) is 0. The molecule has 4 nitrogen and oxygen atoms in total. The number of hydrogen-bond acceptors (Lipinski definition) is 3. The Bertz CT molecular complexity index is 927. The molecule has 2 aromatic rings. The molecule has 2 fully saturated rings. The maximum Gasteiger partial charge on any atom is 0.416 e. The van der Waals surface area contributed by atoms with E-state index in [9.17, 15) is 18.0 Å². The van der Waals surface area contributed by atoms with Crippen molar-refractivity contribution in [2.45, 2.75) is 25.6 Å². The molecular weight excluding hydrogens is 439 g/mol. The SMILES string of the molecule is O=C(C1CCCN(Cc2ccc(Cl)cc2)C1)N1CCN(c2cccc(C(F)(F)F)c2)CC1. The summed E-state index contributed by atoms with van der Waals surface area (Å²) in [4.78, 5) is 19.3. The number of carbonyl (C=O) groups is 1. The fourth-order valence-corrected chi connectivity index (χ4v) is 4.70. The van der Waals surface area contributed by atoms with Crippen molar-refractivity contribution in [3.05, 3.63) is 64.7 Å². The van der Waals surface area contributed by atoms with E-state index in [0.29, 0.717) is 36.9 Å². The van der Waals surface area contributed by atoms with Crippen LogP contribution in [0.15, 0.2) is 48.5 Å². The molecule has 0 saturated carbocycles. The van der Waals surface area contributed by atoms with Gasteiger partial charge in [0.25, 0.3) is 0 Å². The molecule has 172 valence electrons. The zero-order chi connectivity index (χ0) is 22.7. The molecule has 4 rings (SSSR count). The van der Waals surface area contributed by atoms with Gasteiger partial charge in [-0.1, -0.05) is 29.8 Å². The third-order valence-corrected chi connectivity index (χ3v) is 6.56. The molecule has 1 unspecified atom stereocenters. The monoisotopic (exact) mass is 465 g/mol. The molecule has 0 radical (unpaired) electrons. The van der Waals surface area contributed by atoms with Gasteiger partial charge >= 0.3 is 6.18 Å². The molecule has 0 spiro atoms. The maximum absolute atomic E-state index is 13.1. The van der Waals surface area contributed by atoms with Crippen LogP contribution in [-0.2, 0) is 17.5 Å². The summed E-state index contributed by atoms with van der Waals surface area (Å²) >= 11 is 5.96. The van der Waals surface area contributed by atoms with Crippen LogP contribution in [0.3, 0.4) is 0 Å². The average molecular weight is 466 g/mol. The van der Waals surface area contributed by atoms with Crippen molar-refractivity contribution < 1.29 is 18.0 Å². The summed E-state index contributed by atoms with van der Waals surface area (Å²) in [5, 5.41) is 0.713. The number of piperidine rings is 1. The highest BCUT2D eigenvalue weighted by Crippen LogP contribution is 2.32. The molecule has 0 N–H and O–H groups in total. The molecule has 0 aromatic heterocycles. The summed E-state index contributed by atoms with van der Waals surface area (Å²) in [5.41, 5.74) is 1.09. The first-order chi connectivity index (χ1) is 15.3. The Balaban J connectivity index is 1.31. The van der Waals surface area contributed by atoms with Crippen LogP contribution in [0.5, 0.6) is 0 Å². The van der Waals surface area contributed by atoms with Crippen LogP contribution >= 0.6 is 11.6 Å². The number of benzene rings is 2. The van der Waals surface area contributed by atoms with E-state index in [1.807, 2.05) is 34.1 Å². The summed E-state index contributed by atoms with van der Waals surface area (Å²) in [5.74, 6) is 0.130. The molecular formula is C24H27ClF3N3O. The van der Waals surface area contributed by atoms with E-state index in [2.05, 4.69) is 4.90 Å². The summed E-state index contributed by atoms with van der Waals surface area (Å²) in [6.07, 6.45) is -2.50. The third-order valence-electron chi connectivity index (χ3n) is 6.30. The summed E-state index contributed by atoms with van der Waals surface area (Å²) in [6, 6.07) is 13.2. The second-order valence-electron chi connectivity index (χ2n) is 8.56. The highest BCUT2D eigenvalue weighted by Gasteiger charge is 2.33. The number of halogens is 4. The minimum Gasteiger partial charge on any atom is -0.368 e. The van der Waals surface area contributed by atoms with Gasteiger partial charge in [-0.3, -0.25) is 9.69 Å². The fourth-order valence-electron chi connectivity index (χ4n) is 4.57. The van der Waals surface area contributed by atoms with Crippen molar-refractivity contribution in [2.75, 3.05) is 44.2 Å². The average Bonchev–Trinajstić information content (AvgIpc) is 2.80. The van der Waals surface area contributed by atoms with E-state index < -0.39 is 11.7 Å². The number of amides is 1. The molecule has 2 aliphatic rings. The number of nitrogens with zero attached hydrogens (tertiary/aromatic N) is 3. The molecule has 2 aromatic carbocycles. The fraction of sp³-hybridized carbons (Fsp3) is 0.458. The Morgan fingerprint density at radius 1 is 1.00 bits per heavy atom. The molecule has 8 heteroatoms. The van der Waals surface area contributed by atoms with Crippen LogP contribution in [0.4, 0.5) is 18.9 Å². The molecule has 2 heterocycles. The molecule has 1 atom stereocenters. The zero-order valence-corrected chi connectivity index (χ0v) is 18.6. The number of rotatable bonds is 4. The lowest BCUT2D eigenvalue weighted by Crippen LogP contribution is -2.52. The van der Waals surface area contributed by atoms with Gasteiger partial charge in [0, 0.05) is 50.0 Å². The van der Waals surface area contributed by atoms with Gasteiger partial charge in [-0.2, -0.15) is 13.2 Å². The van der Waals surface area contributed by atoms with E-state index in [0.717, 1.165) is 38.5 Å². The van der Waals surface area contributed by atoms with Gasteiger partial charge in [0.2, 0.25) is 5.91 Å². The largest absolute Gasteiger partial charge is 0.416 e. The third kappa shape index (κ3) is 5.56. The van der Waals surface area contributed by atoms with Gasteiger partial charge in [-0.05, 0) is 55.3 Å². The lowest BCUT2D eigenvalue weighted by atomic mass is 9.95. The highest BCUT2D eigenvalue weighted by molar-refractivity contribution is 6.30. The maximum atomic E-state index is 13.1. The number of piperazine rings is 1. The van der Waals surface area contributed by atoms with E-state index in [-0.39, 0.29) is 11.8 Å². The first-order valence-corrected chi connectivity index (χ1v) is 11.4. The van der Waals surface area contributed by atoms with Crippen LogP contribution in [0.2, 0.25) is 5.02 Å². The summed E-state index contributed by atoms with van der Waals surface area (Å²) < 4.78 is 39.0. The van der Waals surface area contributed by atoms with E-state index in [4.69, 9.17) is 11.6 Å². The van der Waals surface area contributed by atoms with Crippen molar-refractivity contribution in [3.63, 3.8) is 0 Å². The molecule has 0 aliphatic carbocycles. The Morgan fingerprint density at radius 3 is 2.41 bits per heavy atom. The van der Waals surface area contributed by atoms with E-state index in [1.165, 1.54) is 17.7 Å². The van der Waals surface area contributed by atoms with Gasteiger partial charge < -0.3 is 9.80 Å². The second kappa shape index (κ2) is 9.71. The molecule has 32 heavy (non-hydrogen) atoms. The van der Waals surface area contributed by atoms with Gasteiger partial charge in [0.15, 0.2) is 0 Å². The Morgan fingerprint density at radius 2 is 1.72 bits per heavy atom. The Labute approximate surface area is 191 Å². The minimum absolute atomic E-state index is 0.0313. The predicted octanol–water partition coefficient (Wildman–Crippen LogP) is 4.92. The zero-order valence-electron chi connectivity index (χ0n) is 17.8.